The minimum Gasteiger partial charge on any atom is -0.312 e. The molecule has 0 aliphatic rings. The van der Waals surface area contributed by atoms with Gasteiger partial charge < -0.3 is 5.32 Å². The minimum absolute atomic E-state index is 0.952. The van der Waals surface area contributed by atoms with E-state index in [1.807, 2.05) is 11.3 Å². The van der Waals surface area contributed by atoms with Gasteiger partial charge in [-0.1, -0.05) is 20.3 Å². The highest BCUT2D eigenvalue weighted by atomic mass is 79.9. The monoisotopic (exact) mass is 358 g/mol. The van der Waals surface area contributed by atoms with Crippen molar-refractivity contribution in [1.29, 1.82) is 0 Å². The van der Waals surface area contributed by atoms with Crippen LogP contribution in [0.1, 0.15) is 37.3 Å². The number of halogens is 1. The van der Waals surface area contributed by atoms with Crippen LogP contribution in [0.15, 0.2) is 15.9 Å². The molecule has 0 fully saturated rings. The van der Waals surface area contributed by atoms with Crippen LogP contribution in [0, 0.1) is 0 Å². The van der Waals surface area contributed by atoms with Crippen molar-refractivity contribution in [2.75, 3.05) is 6.54 Å². The van der Waals surface area contributed by atoms with E-state index in [4.69, 9.17) is 4.98 Å². The van der Waals surface area contributed by atoms with E-state index in [0.717, 1.165) is 35.4 Å². The average Bonchev–Trinajstić information content (AvgIpc) is 2.97. The quantitative estimate of drug-likeness (QED) is 0.697. The Morgan fingerprint density at radius 1 is 1.32 bits per heavy atom. The lowest BCUT2D eigenvalue weighted by Gasteiger charge is -2.02. The van der Waals surface area contributed by atoms with Crippen molar-refractivity contribution in [3.05, 3.63) is 26.5 Å². The smallest absolute Gasteiger partial charge is 0.133 e. The topological polar surface area (TPSA) is 24.9 Å². The fourth-order valence-electron chi connectivity index (χ4n) is 1.86. The van der Waals surface area contributed by atoms with E-state index in [2.05, 4.69) is 46.5 Å². The van der Waals surface area contributed by atoms with Crippen molar-refractivity contribution in [2.45, 2.75) is 39.7 Å². The molecular weight excluding hydrogens is 340 g/mol. The van der Waals surface area contributed by atoms with Gasteiger partial charge in [0.2, 0.25) is 0 Å². The molecule has 2 heterocycles. The number of nitrogens with zero attached hydrogens (tertiary/aromatic N) is 1. The molecule has 0 radical (unpaired) electrons. The zero-order valence-electron chi connectivity index (χ0n) is 11.3. The first-order valence-corrected chi connectivity index (χ1v) is 9.17. The molecule has 0 spiro atoms. The molecule has 2 rings (SSSR count). The molecule has 5 heteroatoms. The summed E-state index contributed by atoms with van der Waals surface area (Å²) in [5.41, 5.74) is 1.27. The maximum Gasteiger partial charge on any atom is 0.133 e. The fourth-order valence-corrected chi connectivity index (χ4v) is 4.43. The Morgan fingerprint density at radius 2 is 2.16 bits per heavy atom. The average molecular weight is 359 g/mol. The molecule has 0 bridgehead atoms. The number of aromatic nitrogens is 1. The maximum absolute atomic E-state index is 4.83. The van der Waals surface area contributed by atoms with Crippen molar-refractivity contribution in [3.63, 3.8) is 0 Å². The van der Waals surface area contributed by atoms with Crippen molar-refractivity contribution < 1.29 is 0 Å². The van der Waals surface area contributed by atoms with Crippen LogP contribution in [0.5, 0.6) is 0 Å². The van der Waals surface area contributed by atoms with Gasteiger partial charge in [0.25, 0.3) is 0 Å². The van der Waals surface area contributed by atoms with E-state index in [9.17, 15) is 0 Å². The second kappa shape index (κ2) is 7.53. The first-order valence-electron chi connectivity index (χ1n) is 6.68. The Bertz CT molecular complexity index is 519. The number of thiophene rings is 1. The van der Waals surface area contributed by atoms with Crippen molar-refractivity contribution in [2.24, 2.45) is 0 Å². The van der Waals surface area contributed by atoms with Crippen LogP contribution in [-0.4, -0.2) is 11.5 Å². The van der Waals surface area contributed by atoms with Gasteiger partial charge in [-0.25, -0.2) is 4.98 Å². The lowest BCUT2D eigenvalue weighted by Crippen LogP contribution is -2.13. The van der Waals surface area contributed by atoms with E-state index in [0.29, 0.717) is 0 Å². The molecule has 1 N–H and O–H groups in total. The summed E-state index contributed by atoms with van der Waals surface area (Å²) in [6.45, 7) is 6.43. The second-order valence-corrected chi connectivity index (χ2v) is 7.36. The molecule has 0 amide bonds. The van der Waals surface area contributed by atoms with Gasteiger partial charge in [0, 0.05) is 21.3 Å². The molecule has 0 aliphatic carbocycles. The highest BCUT2D eigenvalue weighted by Gasteiger charge is 2.13. The lowest BCUT2D eigenvalue weighted by atomic mass is 10.2. The van der Waals surface area contributed by atoms with Crippen LogP contribution >= 0.6 is 38.6 Å². The molecule has 2 nitrogen and oxygen atoms in total. The van der Waals surface area contributed by atoms with Crippen molar-refractivity contribution in [3.8, 4) is 9.88 Å². The predicted molar refractivity (Wildman–Crippen MR) is 89.1 cm³/mol. The molecular formula is C14H19BrN2S2. The Hall–Kier alpha value is -0.230. The molecule has 19 heavy (non-hydrogen) atoms. The maximum atomic E-state index is 4.83. The van der Waals surface area contributed by atoms with E-state index >= 15 is 0 Å². The molecule has 0 aromatic carbocycles. The lowest BCUT2D eigenvalue weighted by molar-refractivity contribution is 0.674. The Kier molecular flexibility index (Phi) is 6.01. The largest absolute Gasteiger partial charge is 0.312 e. The Morgan fingerprint density at radius 3 is 2.79 bits per heavy atom. The third-order valence-corrected chi connectivity index (χ3v) is 5.71. The van der Waals surface area contributed by atoms with Gasteiger partial charge in [0.05, 0.1) is 10.6 Å². The van der Waals surface area contributed by atoms with Crippen LogP contribution in [0.4, 0.5) is 0 Å². The zero-order chi connectivity index (χ0) is 13.7. The molecule has 0 aliphatic heterocycles. The van der Waals surface area contributed by atoms with Gasteiger partial charge in [0.1, 0.15) is 5.01 Å². The molecule has 0 saturated heterocycles. The number of hydrogen-bond donors (Lipinski definition) is 1. The summed E-state index contributed by atoms with van der Waals surface area (Å²) < 4.78 is 1.14. The van der Waals surface area contributed by atoms with Crippen LogP contribution in [0.25, 0.3) is 9.88 Å². The van der Waals surface area contributed by atoms with Gasteiger partial charge in [-0.15, -0.1) is 22.7 Å². The summed E-state index contributed by atoms with van der Waals surface area (Å²) in [6.07, 6.45) is 3.40. The first-order chi connectivity index (χ1) is 9.24. The molecule has 2 aromatic heterocycles. The summed E-state index contributed by atoms with van der Waals surface area (Å²) in [5, 5.41) is 6.76. The summed E-state index contributed by atoms with van der Waals surface area (Å²) >= 11 is 7.10. The predicted octanol–water partition coefficient (Wildman–Crippen LogP) is 5.09. The number of rotatable bonds is 7. The van der Waals surface area contributed by atoms with Crippen LogP contribution in [0.2, 0.25) is 0 Å². The molecule has 0 atom stereocenters. The number of hydrogen-bond acceptors (Lipinski definition) is 4. The number of thiazole rings is 1. The third-order valence-electron chi connectivity index (χ3n) is 2.76. The minimum atomic E-state index is 0.952. The van der Waals surface area contributed by atoms with E-state index in [1.54, 1.807) is 11.3 Å². The number of aryl methyl sites for hydroxylation is 1. The molecule has 0 unspecified atom stereocenters. The molecule has 104 valence electrons. The van der Waals surface area contributed by atoms with Gasteiger partial charge in [-0.3, -0.25) is 0 Å². The van der Waals surface area contributed by atoms with Crippen LogP contribution < -0.4 is 5.32 Å². The summed E-state index contributed by atoms with van der Waals surface area (Å²) in [6, 6.07) is 2.16. The van der Waals surface area contributed by atoms with Gasteiger partial charge in [-0.05, 0) is 41.4 Å². The first kappa shape index (κ1) is 15.2. The van der Waals surface area contributed by atoms with E-state index in [1.165, 1.54) is 21.9 Å². The van der Waals surface area contributed by atoms with Crippen LogP contribution in [-0.2, 0) is 13.0 Å². The fraction of sp³-hybridized carbons (Fsp3) is 0.500. The molecule has 2 aromatic rings. The van der Waals surface area contributed by atoms with Gasteiger partial charge in [0.15, 0.2) is 0 Å². The highest BCUT2D eigenvalue weighted by molar-refractivity contribution is 9.10. The highest BCUT2D eigenvalue weighted by Crippen LogP contribution is 2.34. The number of nitrogens with one attached hydrogen (secondary N) is 1. The molecule has 0 saturated carbocycles. The zero-order valence-corrected chi connectivity index (χ0v) is 14.6. The SMILES string of the molecule is CCCNCc1sc(-c2cc(Br)cs2)nc1CCC. The van der Waals surface area contributed by atoms with E-state index < -0.39 is 0 Å². The Balaban J connectivity index is 2.18. The van der Waals surface area contributed by atoms with Crippen molar-refractivity contribution in [1.82, 2.24) is 10.3 Å². The summed E-state index contributed by atoms with van der Waals surface area (Å²) in [5.74, 6) is 0. The van der Waals surface area contributed by atoms with Crippen molar-refractivity contribution >= 4 is 38.6 Å². The Labute approximate surface area is 131 Å². The van der Waals surface area contributed by atoms with Crippen LogP contribution in [0.3, 0.4) is 0 Å². The summed E-state index contributed by atoms with van der Waals surface area (Å²) in [4.78, 5) is 7.49. The summed E-state index contributed by atoms with van der Waals surface area (Å²) in [7, 11) is 0. The third kappa shape index (κ3) is 4.12. The standard InChI is InChI=1S/C14H19BrN2S2/c1-3-5-11-13(8-16-6-4-2)19-14(17-11)12-7-10(15)9-18-12/h7,9,16H,3-6,8H2,1-2H3. The van der Waals surface area contributed by atoms with Gasteiger partial charge >= 0.3 is 0 Å². The second-order valence-electron chi connectivity index (χ2n) is 4.44. The normalized spacial score (nSPS) is 11.1. The van der Waals surface area contributed by atoms with E-state index in [-0.39, 0.29) is 0 Å². The van der Waals surface area contributed by atoms with Gasteiger partial charge in [-0.2, -0.15) is 0 Å².